The number of hydrogen-bond donors (Lipinski definition) is 2. The van der Waals surface area contributed by atoms with Gasteiger partial charge in [-0.1, -0.05) is 11.8 Å². The van der Waals surface area contributed by atoms with Crippen LogP contribution in [0.2, 0.25) is 0 Å². The number of thioether (sulfide) groups is 1. The molecule has 0 radical (unpaired) electrons. The molecule has 5 rings (SSSR count). The fraction of sp³-hybridized carbons (Fsp3) is 0.0455. The number of hydrogen-bond acceptors (Lipinski definition) is 8. The third-order valence-corrected chi connectivity index (χ3v) is 5.17. The molecule has 4 heterocycles. The third kappa shape index (κ3) is 4.30. The number of H-pyrrole nitrogens is 1. The van der Waals surface area contributed by atoms with Crippen LogP contribution in [0.3, 0.4) is 0 Å². The molecular formula is C22H15F2N7OS. The van der Waals surface area contributed by atoms with E-state index in [4.69, 9.17) is 4.74 Å². The number of nitrogens with zero attached hydrogens (tertiary/aromatic N) is 5. The van der Waals surface area contributed by atoms with E-state index < -0.39 is 11.6 Å². The summed E-state index contributed by atoms with van der Waals surface area (Å²) in [5.41, 5.74) is 1.69. The van der Waals surface area contributed by atoms with Crippen molar-refractivity contribution in [2.75, 3.05) is 11.6 Å². The molecule has 0 aliphatic rings. The van der Waals surface area contributed by atoms with Crippen molar-refractivity contribution >= 4 is 34.6 Å². The number of ether oxygens (including phenoxy) is 1. The molecule has 33 heavy (non-hydrogen) atoms. The van der Waals surface area contributed by atoms with Crippen LogP contribution in [0.25, 0.3) is 22.3 Å². The van der Waals surface area contributed by atoms with Crippen LogP contribution >= 0.6 is 11.8 Å². The van der Waals surface area contributed by atoms with E-state index in [1.807, 2.05) is 12.3 Å². The van der Waals surface area contributed by atoms with Crippen molar-refractivity contribution < 1.29 is 13.5 Å². The molecule has 0 aliphatic heterocycles. The first kappa shape index (κ1) is 20.8. The first-order valence-electron chi connectivity index (χ1n) is 9.68. The highest BCUT2D eigenvalue weighted by molar-refractivity contribution is 7.98. The average molecular weight is 463 g/mol. The largest absolute Gasteiger partial charge is 0.437 e. The van der Waals surface area contributed by atoms with Crippen molar-refractivity contribution in [1.82, 2.24) is 29.9 Å². The van der Waals surface area contributed by atoms with Crippen LogP contribution in [0.4, 0.5) is 20.5 Å². The number of rotatable bonds is 6. The van der Waals surface area contributed by atoms with Gasteiger partial charge in [-0.15, -0.1) is 0 Å². The maximum Gasteiger partial charge on any atom is 0.228 e. The number of nitrogens with one attached hydrogen (secondary N) is 2. The van der Waals surface area contributed by atoms with Crippen LogP contribution in [0.15, 0.2) is 66.2 Å². The Balaban J connectivity index is 1.35. The van der Waals surface area contributed by atoms with Gasteiger partial charge < -0.3 is 15.0 Å². The minimum Gasteiger partial charge on any atom is -0.437 e. The van der Waals surface area contributed by atoms with E-state index in [0.717, 1.165) is 6.07 Å². The Morgan fingerprint density at radius 3 is 2.70 bits per heavy atom. The molecule has 11 heteroatoms. The van der Waals surface area contributed by atoms with Crippen molar-refractivity contribution in [3.63, 3.8) is 0 Å². The Labute approximate surface area is 190 Å². The zero-order chi connectivity index (χ0) is 22.8. The molecule has 0 saturated carbocycles. The zero-order valence-corrected chi connectivity index (χ0v) is 17.9. The Morgan fingerprint density at radius 1 is 0.970 bits per heavy atom. The van der Waals surface area contributed by atoms with Gasteiger partial charge in [-0.25, -0.2) is 33.7 Å². The summed E-state index contributed by atoms with van der Waals surface area (Å²) < 4.78 is 33.2. The van der Waals surface area contributed by atoms with Crippen LogP contribution in [-0.4, -0.2) is 36.2 Å². The topological polar surface area (TPSA) is 102 Å². The molecule has 0 saturated heterocycles. The van der Waals surface area contributed by atoms with Gasteiger partial charge in [0.05, 0.1) is 23.0 Å². The first-order chi connectivity index (χ1) is 16.1. The van der Waals surface area contributed by atoms with Gasteiger partial charge in [-0.05, 0) is 48.7 Å². The van der Waals surface area contributed by atoms with Crippen molar-refractivity contribution in [2.45, 2.75) is 5.16 Å². The van der Waals surface area contributed by atoms with Crippen LogP contribution in [0, 0.1) is 11.6 Å². The van der Waals surface area contributed by atoms with Crippen LogP contribution in [0.1, 0.15) is 0 Å². The van der Waals surface area contributed by atoms with Gasteiger partial charge in [-0.2, -0.15) is 0 Å². The molecule has 0 spiro atoms. The monoisotopic (exact) mass is 463 g/mol. The molecule has 8 nitrogen and oxygen atoms in total. The number of aromatic nitrogens is 6. The van der Waals surface area contributed by atoms with Crippen molar-refractivity contribution in [3.8, 4) is 22.9 Å². The van der Waals surface area contributed by atoms with E-state index in [1.165, 1.54) is 24.0 Å². The number of aromatic amines is 1. The van der Waals surface area contributed by atoms with Crippen LogP contribution in [0.5, 0.6) is 11.6 Å². The normalized spacial score (nSPS) is 11.0. The summed E-state index contributed by atoms with van der Waals surface area (Å²) in [5.74, 6) is -0.431. The zero-order valence-electron chi connectivity index (χ0n) is 17.1. The minimum atomic E-state index is -0.982. The highest BCUT2D eigenvalue weighted by atomic mass is 32.2. The van der Waals surface area contributed by atoms with Crippen molar-refractivity contribution in [2.24, 2.45) is 0 Å². The van der Waals surface area contributed by atoms with E-state index in [1.54, 1.807) is 36.7 Å². The second kappa shape index (κ2) is 8.79. The van der Waals surface area contributed by atoms with E-state index in [0.29, 0.717) is 39.4 Å². The number of halogens is 2. The molecular weight excluding hydrogens is 448 g/mol. The number of anilines is 2. The molecule has 5 aromatic rings. The summed E-state index contributed by atoms with van der Waals surface area (Å²) in [5, 5.41) is 3.57. The fourth-order valence-electron chi connectivity index (χ4n) is 3.08. The molecule has 0 amide bonds. The Hall–Kier alpha value is -4.12. The van der Waals surface area contributed by atoms with Crippen molar-refractivity contribution in [1.29, 1.82) is 0 Å². The average Bonchev–Trinajstić information content (AvgIpc) is 3.26. The highest BCUT2D eigenvalue weighted by Gasteiger charge is 2.13. The highest BCUT2D eigenvalue weighted by Crippen LogP contribution is 2.31. The van der Waals surface area contributed by atoms with Crippen molar-refractivity contribution in [3.05, 3.63) is 72.7 Å². The molecule has 0 unspecified atom stereocenters. The molecule has 0 bridgehead atoms. The Kier molecular flexibility index (Phi) is 5.53. The molecule has 0 aliphatic carbocycles. The lowest BCUT2D eigenvalue weighted by molar-refractivity contribution is 0.462. The van der Waals surface area contributed by atoms with E-state index >= 15 is 0 Å². The molecule has 0 atom stereocenters. The van der Waals surface area contributed by atoms with Gasteiger partial charge in [0.1, 0.15) is 17.1 Å². The van der Waals surface area contributed by atoms with Gasteiger partial charge in [0.2, 0.25) is 11.8 Å². The molecule has 0 fully saturated rings. The van der Waals surface area contributed by atoms with Gasteiger partial charge in [0, 0.05) is 12.4 Å². The Bertz CT molecular complexity index is 1440. The smallest absolute Gasteiger partial charge is 0.228 e. The minimum absolute atomic E-state index is 0.0190. The lowest BCUT2D eigenvalue weighted by Crippen LogP contribution is -1.97. The third-order valence-electron chi connectivity index (χ3n) is 4.61. The fourth-order valence-corrected chi connectivity index (χ4v) is 3.44. The van der Waals surface area contributed by atoms with Crippen LogP contribution in [-0.2, 0) is 0 Å². The number of fused-ring (bicyclic) bond motifs is 1. The van der Waals surface area contributed by atoms with E-state index in [2.05, 4.69) is 35.2 Å². The quantitative estimate of drug-likeness (QED) is 0.257. The van der Waals surface area contributed by atoms with Gasteiger partial charge >= 0.3 is 0 Å². The maximum atomic E-state index is 13.9. The maximum absolute atomic E-state index is 13.9. The van der Waals surface area contributed by atoms with Crippen LogP contribution < -0.4 is 10.1 Å². The lowest BCUT2D eigenvalue weighted by Gasteiger charge is -2.10. The number of pyridine rings is 2. The summed E-state index contributed by atoms with van der Waals surface area (Å²) in [6.07, 6.45) is 6.73. The SMILES string of the molecule is CSc1nccc(-c2cccnc2Oc2ccc(Nc3nc4ccc(F)c(F)c4[nH]3)nc2)n1. The summed E-state index contributed by atoms with van der Waals surface area (Å²) in [6.45, 7) is 0. The van der Waals surface area contributed by atoms with E-state index in [-0.39, 0.29) is 11.5 Å². The van der Waals surface area contributed by atoms with E-state index in [9.17, 15) is 8.78 Å². The lowest BCUT2D eigenvalue weighted by atomic mass is 10.2. The summed E-state index contributed by atoms with van der Waals surface area (Å²) in [7, 11) is 0. The first-order valence-corrected chi connectivity index (χ1v) is 10.9. The van der Waals surface area contributed by atoms with Gasteiger partial charge in [0.15, 0.2) is 16.8 Å². The number of benzene rings is 1. The second-order valence-corrected chi connectivity index (χ2v) is 7.51. The van der Waals surface area contributed by atoms with Gasteiger partial charge in [0.25, 0.3) is 0 Å². The standard InChI is InChI=1S/C22H15F2N7OS/c1-33-22-26-10-8-15(29-22)13-3-2-9-25-20(13)32-12-4-7-17(27-11-12)30-21-28-16-6-5-14(23)18(24)19(16)31-21/h2-11H,1H3,(H2,27,28,30,31). The summed E-state index contributed by atoms with van der Waals surface area (Å²) >= 11 is 1.44. The summed E-state index contributed by atoms with van der Waals surface area (Å²) in [4.78, 5) is 24.2. The molecule has 4 aromatic heterocycles. The predicted octanol–water partition coefficient (Wildman–Crippen LogP) is 5.35. The Morgan fingerprint density at radius 2 is 1.88 bits per heavy atom. The molecule has 2 N–H and O–H groups in total. The second-order valence-electron chi connectivity index (χ2n) is 6.73. The number of imidazole rings is 1. The van der Waals surface area contributed by atoms with Gasteiger partial charge in [-0.3, -0.25) is 0 Å². The molecule has 1 aromatic carbocycles. The molecule has 164 valence electrons. The predicted molar refractivity (Wildman–Crippen MR) is 121 cm³/mol. The summed E-state index contributed by atoms with van der Waals surface area (Å²) in [6, 6.07) is 11.2.